The Hall–Kier alpha value is -2.78. The van der Waals surface area contributed by atoms with Gasteiger partial charge in [-0.2, -0.15) is 0 Å². The van der Waals surface area contributed by atoms with Gasteiger partial charge >= 0.3 is 0 Å². The van der Waals surface area contributed by atoms with Gasteiger partial charge in [-0.15, -0.1) is 0 Å². The van der Waals surface area contributed by atoms with Crippen LogP contribution in [0, 0.1) is 5.92 Å². The number of methoxy groups -OCH3 is 1. The third-order valence-electron chi connectivity index (χ3n) is 5.63. The van der Waals surface area contributed by atoms with Gasteiger partial charge in [0.2, 0.25) is 21.8 Å². The Morgan fingerprint density at radius 2 is 1.64 bits per heavy atom. The third kappa shape index (κ3) is 9.02. The Morgan fingerprint density at radius 3 is 2.17 bits per heavy atom. The highest BCUT2D eigenvalue weighted by Crippen LogP contribution is 2.22. The summed E-state index contributed by atoms with van der Waals surface area (Å²) < 4.78 is 31.2. The van der Waals surface area contributed by atoms with E-state index in [0.717, 1.165) is 11.8 Å². The second-order valence-electron chi connectivity index (χ2n) is 9.10. The lowest BCUT2D eigenvalue weighted by atomic mass is 10.1. The fourth-order valence-electron chi connectivity index (χ4n) is 3.57. The van der Waals surface area contributed by atoms with E-state index in [1.54, 1.807) is 50.4 Å². The first-order valence-corrected chi connectivity index (χ1v) is 14.1. The minimum atomic E-state index is -3.56. The molecule has 0 fully saturated rings. The maximum atomic E-state index is 13.3. The highest BCUT2D eigenvalue weighted by Gasteiger charge is 2.26. The molecule has 10 heteroatoms. The number of amides is 2. The van der Waals surface area contributed by atoms with Crippen LogP contribution in [-0.4, -0.2) is 57.6 Å². The molecule has 1 atom stereocenters. The number of rotatable bonds is 13. The predicted molar refractivity (Wildman–Crippen MR) is 144 cm³/mol. The van der Waals surface area contributed by atoms with Crippen molar-refractivity contribution in [2.24, 2.45) is 5.92 Å². The van der Waals surface area contributed by atoms with E-state index in [2.05, 4.69) is 5.32 Å². The molecule has 1 N–H and O–H groups in total. The van der Waals surface area contributed by atoms with Gasteiger partial charge in [-0.25, -0.2) is 8.42 Å². The monoisotopic (exact) mass is 537 g/mol. The average molecular weight is 538 g/mol. The summed E-state index contributed by atoms with van der Waals surface area (Å²) in [5, 5.41) is 3.39. The zero-order valence-corrected chi connectivity index (χ0v) is 23.1. The number of ether oxygens (including phenoxy) is 1. The van der Waals surface area contributed by atoms with Crippen LogP contribution in [0.5, 0.6) is 5.75 Å². The molecular formula is C26H36ClN3O5S. The van der Waals surface area contributed by atoms with Crippen molar-refractivity contribution in [1.29, 1.82) is 0 Å². The normalized spacial score (nSPS) is 12.2. The number of anilines is 1. The molecule has 2 rings (SSSR count). The molecule has 1 unspecified atom stereocenters. The number of sulfonamides is 1. The van der Waals surface area contributed by atoms with Crippen molar-refractivity contribution in [3.8, 4) is 5.75 Å². The van der Waals surface area contributed by atoms with Crippen molar-refractivity contribution in [2.75, 3.05) is 30.8 Å². The van der Waals surface area contributed by atoms with Crippen LogP contribution < -0.4 is 14.4 Å². The lowest BCUT2D eigenvalue weighted by Gasteiger charge is -2.29. The number of halogens is 1. The summed E-state index contributed by atoms with van der Waals surface area (Å²) in [7, 11) is -1.98. The molecule has 0 aliphatic carbocycles. The SMILES string of the molecule is COc1ccc(CN(C(=O)CCCN(c2ccc(Cl)cc2)S(C)(=O)=O)C(C)C(=O)NCC(C)C)cc1. The second-order valence-corrected chi connectivity index (χ2v) is 11.4. The first-order chi connectivity index (χ1) is 16.9. The zero-order chi connectivity index (χ0) is 26.9. The molecule has 198 valence electrons. The Kier molecular flexibility index (Phi) is 11.0. The number of carbonyl (C=O) groups is 2. The van der Waals surface area contributed by atoms with E-state index < -0.39 is 16.1 Å². The van der Waals surface area contributed by atoms with Crippen LogP contribution in [0.15, 0.2) is 48.5 Å². The third-order valence-corrected chi connectivity index (χ3v) is 7.08. The minimum Gasteiger partial charge on any atom is -0.497 e. The summed E-state index contributed by atoms with van der Waals surface area (Å²) in [5.41, 5.74) is 1.33. The molecule has 0 heterocycles. The maximum Gasteiger partial charge on any atom is 0.242 e. The molecule has 2 aromatic carbocycles. The highest BCUT2D eigenvalue weighted by atomic mass is 35.5. The molecule has 2 amide bonds. The van der Waals surface area contributed by atoms with E-state index in [0.29, 0.717) is 23.0 Å². The zero-order valence-electron chi connectivity index (χ0n) is 21.5. The van der Waals surface area contributed by atoms with Crippen molar-refractivity contribution in [1.82, 2.24) is 10.2 Å². The molecule has 2 aromatic rings. The fourth-order valence-corrected chi connectivity index (χ4v) is 4.67. The lowest BCUT2D eigenvalue weighted by molar-refractivity contribution is -0.140. The first-order valence-electron chi connectivity index (χ1n) is 11.9. The van der Waals surface area contributed by atoms with E-state index in [4.69, 9.17) is 16.3 Å². The van der Waals surface area contributed by atoms with Gasteiger partial charge in [-0.05, 0) is 61.2 Å². The maximum absolute atomic E-state index is 13.3. The molecule has 0 aliphatic rings. The van der Waals surface area contributed by atoms with Gasteiger partial charge < -0.3 is 15.0 Å². The van der Waals surface area contributed by atoms with Crippen molar-refractivity contribution in [2.45, 2.75) is 46.2 Å². The molecule has 0 aliphatic heterocycles. The molecule has 0 saturated carbocycles. The van der Waals surface area contributed by atoms with E-state index in [1.807, 2.05) is 26.0 Å². The molecule has 0 aromatic heterocycles. The van der Waals surface area contributed by atoms with Gasteiger partial charge in [0.25, 0.3) is 0 Å². The number of nitrogens with zero attached hydrogens (tertiary/aromatic N) is 2. The number of nitrogens with one attached hydrogen (secondary N) is 1. The predicted octanol–water partition coefficient (Wildman–Crippen LogP) is 4.08. The van der Waals surface area contributed by atoms with Crippen LogP contribution in [0.25, 0.3) is 0 Å². The number of carbonyl (C=O) groups excluding carboxylic acids is 2. The Morgan fingerprint density at radius 1 is 1.03 bits per heavy atom. The smallest absolute Gasteiger partial charge is 0.242 e. The number of hydrogen-bond donors (Lipinski definition) is 1. The Bertz CT molecular complexity index is 1110. The topological polar surface area (TPSA) is 96.0 Å². The molecular weight excluding hydrogens is 502 g/mol. The number of benzene rings is 2. The molecule has 0 bridgehead atoms. The van der Waals surface area contributed by atoms with Gasteiger partial charge in [0, 0.05) is 31.1 Å². The number of hydrogen-bond acceptors (Lipinski definition) is 5. The van der Waals surface area contributed by atoms with Crippen molar-refractivity contribution in [3.63, 3.8) is 0 Å². The summed E-state index contributed by atoms with van der Waals surface area (Å²) in [6.07, 6.45) is 1.49. The quantitative estimate of drug-likeness (QED) is 0.415. The van der Waals surface area contributed by atoms with Crippen molar-refractivity contribution in [3.05, 3.63) is 59.1 Å². The van der Waals surface area contributed by atoms with Gasteiger partial charge in [-0.3, -0.25) is 13.9 Å². The average Bonchev–Trinajstić information content (AvgIpc) is 2.83. The Balaban J connectivity index is 2.15. The van der Waals surface area contributed by atoms with Gasteiger partial charge in [0.1, 0.15) is 11.8 Å². The Labute approximate surface area is 219 Å². The van der Waals surface area contributed by atoms with Gasteiger partial charge in [0.05, 0.1) is 19.1 Å². The lowest BCUT2D eigenvalue weighted by Crippen LogP contribution is -2.48. The molecule has 0 radical (unpaired) electrons. The summed E-state index contributed by atoms with van der Waals surface area (Å²) in [6, 6.07) is 13.1. The van der Waals surface area contributed by atoms with Gasteiger partial charge in [-0.1, -0.05) is 37.6 Å². The van der Waals surface area contributed by atoms with Crippen LogP contribution in [0.3, 0.4) is 0 Å². The summed E-state index contributed by atoms with van der Waals surface area (Å²) in [4.78, 5) is 27.6. The van der Waals surface area contributed by atoms with Crippen LogP contribution >= 0.6 is 11.6 Å². The summed E-state index contributed by atoms with van der Waals surface area (Å²) in [6.45, 7) is 6.58. The van der Waals surface area contributed by atoms with Crippen LogP contribution in [0.1, 0.15) is 39.2 Å². The fraction of sp³-hybridized carbons (Fsp3) is 0.462. The van der Waals surface area contributed by atoms with Crippen LogP contribution in [-0.2, 0) is 26.2 Å². The minimum absolute atomic E-state index is 0.0809. The molecule has 0 spiro atoms. The molecule has 0 saturated heterocycles. The van der Waals surface area contributed by atoms with E-state index in [-0.39, 0.29) is 43.7 Å². The van der Waals surface area contributed by atoms with E-state index in [1.165, 1.54) is 9.21 Å². The molecule has 8 nitrogen and oxygen atoms in total. The van der Waals surface area contributed by atoms with Crippen molar-refractivity contribution < 1.29 is 22.7 Å². The van der Waals surface area contributed by atoms with E-state index >= 15 is 0 Å². The van der Waals surface area contributed by atoms with Gasteiger partial charge in [0.15, 0.2) is 0 Å². The highest BCUT2D eigenvalue weighted by molar-refractivity contribution is 7.92. The first kappa shape index (κ1) is 29.5. The molecule has 36 heavy (non-hydrogen) atoms. The van der Waals surface area contributed by atoms with Crippen LogP contribution in [0.4, 0.5) is 5.69 Å². The van der Waals surface area contributed by atoms with Crippen LogP contribution in [0.2, 0.25) is 5.02 Å². The van der Waals surface area contributed by atoms with Crippen molar-refractivity contribution >= 4 is 39.1 Å². The summed E-state index contributed by atoms with van der Waals surface area (Å²) >= 11 is 5.93. The second kappa shape index (κ2) is 13.5. The standard InChI is InChI=1S/C26H36ClN3O5S/c1-19(2)17-28-26(32)20(3)29(18-21-8-14-24(35-4)15-9-21)25(31)7-6-16-30(36(5,33)34)23-12-10-22(27)11-13-23/h8-15,19-20H,6-7,16-18H2,1-5H3,(H,28,32). The van der Waals surface area contributed by atoms with E-state index in [9.17, 15) is 18.0 Å². The summed E-state index contributed by atoms with van der Waals surface area (Å²) in [5.74, 6) is 0.510. The largest absolute Gasteiger partial charge is 0.497 e.